The van der Waals surface area contributed by atoms with Crippen molar-refractivity contribution in [1.82, 2.24) is 14.3 Å². The van der Waals surface area contributed by atoms with Gasteiger partial charge in [-0.05, 0) is 29.7 Å². The van der Waals surface area contributed by atoms with E-state index in [9.17, 15) is 4.79 Å². The molecule has 0 amide bonds. The highest BCUT2D eigenvalue weighted by atomic mass is 32.2. The van der Waals surface area contributed by atoms with E-state index in [1.807, 2.05) is 0 Å². The van der Waals surface area contributed by atoms with Crippen LogP contribution in [0.5, 0.6) is 0 Å². The van der Waals surface area contributed by atoms with Crippen molar-refractivity contribution in [2.24, 2.45) is 0 Å². The Kier molecular flexibility index (Phi) is 2.73. The molecule has 0 aliphatic rings. The van der Waals surface area contributed by atoms with Crippen molar-refractivity contribution in [3.8, 4) is 0 Å². The average Bonchev–Trinajstić information content (AvgIpc) is 2.96. The third-order valence-electron chi connectivity index (χ3n) is 2.13. The number of rotatable bonds is 3. The van der Waals surface area contributed by atoms with Crippen LogP contribution < -0.4 is 0 Å². The van der Waals surface area contributed by atoms with E-state index in [-0.39, 0.29) is 5.56 Å². The molecule has 1 N–H and O–H groups in total. The molecule has 2 aromatic heterocycles. The van der Waals surface area contributed by atoms with Gasteiger partial charge in [-0.2, -0.15) is 4.37 Å². The number of carbonyl (C=O) groups is 1. The van der Waals surface area contributed by atoms with Crippen molar-refractivity contribution in [3.05, 3.63) is 30.1 Å². The number of aromatic nitrogens is 3. The molecule has 0 saturated heterocycles. The van der Waals surface area contributed by atoms with E-state index in [0.29, 0.717) is 16.3 Å². The van der Waals surface area contributed by atoms with Crippen LogP contribution in [0.2, 0.25) is 0 Å². The molecule has 18 heavy (non-hydrogen) atoms. The molecule has 6 nitrogen and oxygen atoms in total. The minimum absolute atomic E-state index is 0.172. The number of oxazole rings is 1. The summed E-state index contributed by atoms with van der Waals surface area (Å²) in [6, 6.07) is 4.56. The zero-order valence-corrected chi connectivity index (χ0v) is 10.4. The lowest BCUT2D eigenvalue weighted by molar-refractivity contribution is 0.0697. The summed E-state index contributed by atoms with van der Waals surface area (Å²) in [4.78, 5) is 19.1. The van der Waals surface area contributed by atoms with Crippen LogP contribution in [0, 0.1) is 0 Å². The van der Waals surface area contributed by atoms with E-state index in [1.165, 1.54) is 41.8 Å². The summed E-state index contributed by atoms with van der Waals surface area (Å²) in [5.74, 6) is -0.994. The first-order valence-corrected chi connectivity index (χ1v) is 6.40. The first kappa shape index (κ1) is 11.2. The molecule has 0 aliphatic heterocycles. The van der Waals surface area contributed by atoms with Gasteiger partial charge in [0.15, 0.2) is 9.92 Å². The van der Waals surface area contributed by atoms with Crippen LogP contribution in [0.25, 0.3) is 11.1 Å². The second-order valence-electron chi connectivity index (χ2n) is 3.28. The van der Waals surface area contributed by atoms with Crippen LogP contribution in [0.4, 0.5) is 0 Å². The predicted octanol–water partition coefficient (Wildman–Crippen LogP) is 2.53. The highest BCUT2D eigenvalue weighted by Gasteiger charge is 2.11. The number of hydrogen-bond donors (Lipinski definition) is 1. The Labute approximate surface area is 109 Å². The minimum atomic E-state index is -0.994. The molecule has 3 aromatic rings. The van der Waals surface area contributed by atoms with Gasteiger partial charge in [-0.3, -0.25) is 0 Å². The third kappa shape index (κ3) is 2.07. The second kappa shape index (κ2) is 4.39. The smallest absolute Gasteiger partial charge is 0.335 e. The number of carboxylic acid groups (broad SMARTS) is 1. The van der Waals surface area contributed by atoms with Crippen molar-refractivity contribution in [2.75, 3.05) is 0 Å². The number of benzene rings is 1. The number of aromatic carboxylic acids is 1. The van der Waals surface area contributed by atoms with E-state index in [0.717, 1.165) is 4.34 Å². The number of hydrogen-bond acceptors (Lipinski definition) is 7. The van der Waals surface area contributed by atoms with Gasteiger partial charge >= 0.3 is 5.97 Å². The summed E-state index contributed by atoms with van der Waals surface area (Å²) < 4.78 is 10.1. The molecule has 0 fully saturated rings. The summed E-state index contributed by atoms with van der Waals surface area (Å²) in [5.41, 5.74) is 1.24. The fraction of sp³-hybridized carbons (Fsp3) is 0. The highest BCUT2D eigenvalue weighted by molar-refractivity contribution is 8.00. The molecule has 1 aromatic carbocycles. The number of nitrogens with zero attached hydrogens (tertiary/aromatic N) is 3. The maximum atomic E-state index is 10.8. The van der Waals surface area contributed by atoms with Gasteiger partial charge in [0.1, 0.15) is 11.8 Å². The Hall–Kier alpha value is -1.93. The predicted molar refractivity (Wildman–Crippen MR) is 65.0 cm³/mol. The topological polar surface area (TPSA) is 89.1 Å². The zero-order valence-electron chi connectivity index (χ0n) is 8.73. The van der Waals surface area contributed by atoms with Crippen LogP contribution >= 0.6 is 23.3 Å². The molecule has 0 unspecified atom stereocenters. The van der Waals surface area contributed by atoms with E-state index in [2.05, 4.69) is 14.3 Å². The molecule has 90 valence electrons. The fourth-order valence-electron chi connectivity index (χ4n) is 1.36. The standard InChI is InChI=1S/C10H5N3O3S2/c14-8(15)5-1-2-6-7(3-5)16-9(13-6)17-10-11-4-12-18-10/h1-4H,(H,14,15). The summed E-state index contributed by atoms with van der Waals surface area (Å²) >= 11 is 2.50. The molecule has 0 aliphatic carbocycles. The summed E-state index contributed by atoms with van der Waals surface area (Å²) in [6.45, 7) is 0. The van der Waals surface area contributed by atoms with Gasteiger partial charge in [0, 0.05) is 11.8 Å². The van der Waals surface area contributed by atoms with Gasteiger partial charge in [-0.25, -0.2) is 14.8 Å². The lowest BCUT2D eigenvalue weighted by Gasteiger charge is -1.91. The normalized spacial score (nSPS) is 10.9. The van der Waals surface area contributed by atoms with Gasteiger partial charge < -0.3 is 9.52 Å². The molecular formula is C10H5N3O3S2. The van der Waals surface area contributed by atoms with Crippen LogP contribution in [-0.4, -0.2) is 25.4 Å². The largest absolute Gasteiger partial charge is 0.478 e. The average molecular weight is 279 g/mol. The van der Waals surface area contributed by atoms with E-state index >= 15 is 0 Å². The monoisotopic (exact) mass is 279 g/mol. The van der Waals surface area contributed by atoms with Crippen LogP contribution in [-0.2, 0) is 0 Å². The molecule has 0 saturated carbocycles. The summed E-state index contributed by atoms with van der Waals surface area (Å²) in [6.07, 6.45) is 1.46. The first-order valence-electron chi connectivity index (χ1n) is 4.81. The van der Waals surface area contributed by atoms with Crippen molar-refractivity contribution in [2.45, 2.75) is 9.56 Å². The molecule has 8 heteroatoms. The second-order valence-corrected chi connectivity index (χ2v) is 5.26. The van der Waals surface area contributed by atoms with Gasteiger partial charge in [0.2, 0.25) is 0 Å². The molecule has 3 rings (SSSR count). The van der Waals surface area contributed by atoms with Gasteiger partial charge in [-0.15, -0.1) is 0 Å². The molecule has 0 spiro atoms. The van der Waals surface area contributed by atoms with Crippen molar-refractivity contribution in [3.63, 3.8) is 0 Å². The molecule has 0 radical (unpaired) electrons. The van der Waals surface area contributed by atoms with Crippen molar-refractivity contribution < 1.29 is 14.3 Å². The lowest BCUT2D eigenvalue weighted by Crippen LogP contribution is -1.94. The Bertz CT molecular complexity index is 708. The van der Waals surface area contributed by atoms with Crippen LogP contribution in [0.1, 0.15) is 10.4 Å². The Morgan fingerprint density at radius 1 is 1.44 bits per heavy atom. The third-order valence-corrected chi connectivity index (χ3v) is 3.70. The molecular weight excluding hydrogens is 274 g/mol. The van der Waals surface area contributed by atoms with Crippen molar-refractivity contribution in [1.29, 1.82) is 0 Å². The summed E-state index contributed by atoms with van der Waals surface area (Å²) in [7, 11) is 0. The van der Waals surface area contributed by atoms with E-state index < -0.39 is 5.97 Å². The molecule has 0 atom stereocenters. The fourth-order valence-corrected chi connectivity index (χ4v) is 2.66. The van der Waals surface area contributed by atoms with Crippen LogP contribution in [0.15, 0.2) is 38.5 Å². The van der Waals surface area contributed by atoms with E-state index in [4.69, 9.17) is 9.52 Å². The molecule has 0 bridgehead atoms. The minimum Gasteiger partial charge on any atom is -0.478 e. The SMILES string of the molecule is O=C(O)c1ccc2nc(Sc3ncns3)oc2c1. The Balaban J connectivity index is 1.98. The van der Waals surface area contributed by atoms with Crippen LogP contribution in [0.3, 0.4) is 0 Å². The number of carboxylic acids is 1. The number of fused-ring (bicyclic) bond motifs is 1. The Morgan fingerprint density at radius 3 is 3.06 bits per heavy atom. The maximum absolute atomic E-state index is 10.8. The van der Waals surface area contributed by atoms with E-state index in [1.54, 1.807) is 6.07 Å². The summed E-state index contributed by atoms with van der Waals surface area (Å²) in [5, 5.41) is 9.30. The van der Waals surface area contributed by atoms with Crippen molar-refractivity contribution >= 4 is 40.4 Å². The van der Waals surface area contributed by atoms with Gasteiger partial charge in [0.25, 0.3) is 5.22 Å². The lowest BCUT2D eigenvalue weighted by atomic mass is 10.2. The van der Waals surface area contributed by atoms with Gasteiger partial charge in [0.05, 0.1) is 5.56 Å². The zero-order chi connectivity index (χ0) is 12.5. The quantitative estimate of drug-likeness (QED) is 0.787. The maximum Gasteiger partial charge on any atom is 0.335 e. The van der Waals surface area contributed by atoms with Gasteiger partial charge in [-0.1, -0.05) is 0 Å². The first-order chi connectivity index (χ1) is 8.72. The molecule has 2 heterocycles. The highest BCUT2D eigenvalue weighted by Crippen LogP contribution is 2.30. The Morgan fingerprint density at radius 2 is 2.33 bits per heavy atom.